The minimum Gasteiger partial charge on any atom is -0.481 e. The predicted octanol–water partition coefficient (Wildman–Crippen LogP) is 2.59. The van der Waals surface area contributed by atoms with Crippen LogP contribution in [0.2, 0.25) is 0 Å². The lowest BCUT2D eigenvalue weighted by Gasteiger charge is -2.27. The number of rotatable bonds is 13. The molecular weight excluding hydrogens is 526 g/mol. The molecule has 0 aliphatic rings. The van der Waals surface area contributed by atoms with Crippen LogP contribution in [-0.4, -0.2) is 75.9 Å². The molecule has 13 heteroatoms. The Morgan fingerprint density at radius 2 is 1.10 bits per heavy atom. The van der Waals surface area contributed by atoms with Gasteiger partial charge in [-0.3, -0.25) is 14.4 Å². The van der Waals surface area contributed by atoms with Crippen LogP contribution in [0.3, 0.4) is 0 Å². The van der Waals surface area contributed by atoms with Gasteiger partial charge < -0.3 is 35.3 Å². The Morgan fingerprint density at radius 3 is 1.50 bits per heavy atom. The summed E-state index contributed by atoms with van der Waals surface area (Å²) in [6.07, 6.45) is -1.40. The zero-order valence-corrected chi connectivity index (χ0v) is 25.4. The molecule has 13 nitrogen and oxygen atoms in total. The molecule has 3 amide bonds. The molecule has 3 atom stereocenters. The maximum absolute atomic E-state index is 13.0. The van der Waals surface area contributed by atoms with Gasteiger partial charge in [0.05, 0.1) is 6.42 Å². The third-order valence-electron chi connectivity index (χ3n) is 4.66. The molecule has 0 aromatic carbocycles. The summed E-state index contributed by atoms with van der Waals surface area (Å²) in [5.41, 5.74) is -2.59. The van der Waals surface area contributed by atoms with Crippen molar-refractivity contribution < 1.29 is 48.1 Å². The van der Waals surface area contributed by atoms with Crippen molar-refractivity contribution in [3.05, 3.63) is 0 Å². The number of carboxylic acids is 1. The van der Waals surface area contributed by atoms with Gasteiger partial charge in [0.1, 0.15) is 34.9 Å². The molecule has 40 heavy (non-hydrogen) atoms. The average Bonchev–Trinajstić information content (AvgIpc) is 2.71. The molecule has 4 N–H and O–H groups in total. The van der Waals surface area contributed by atoms with E-state index in [1.54, 1.807) is 62.3 Å². The van der Waals surface area contributed by atoms with Gasteiger partial charge in [0, 0.05) is 6.42 Å². The first kappa shape index (κ1) is 36.6. The van der Waals surface area contributed by atoms with E-state index < -0.39 is 77.2 Å². The Kier molecular flexibility index (Phi) is 14.1. The molecule has 0 heterocycles. The number of hydrogen-bond donors (Lipinski definition) is 4. The van der Waals surface area contributed by atoms with E-state index in [1.165, 1.54) is 0 Å². The third kappa shape index (κ3) is 17.3. The maximum atomic E-state index is 13.0. The molecule has 0 unspecified atom stereocenters. The van der Waals surface area contributed by atoms with Crippen molar-refractivity contribution in [3.63, 3.8) is 0 Å². The number of alkyl carbamates (subject to hydrolysis) is 1. The highest BCUT2D eigenvalue weighted by atomic mass is 16.6. The monoisotopic (exact) mass is 573 g/mol. The summed E-state index contributed by atoms with van der Waals surface area (Å²) in [6, 6.07) is -3.84. The van der Waals surface area contributed by atoms with E-state index in [-0.39, 0.29) is 12.8 Å². The van der Waals surface area contributed by atoms with Crippen molar-refractivity contribution in [1.29, 1.82) is 0 Å². The van der Waals surface area contributed by atoms with Crippen LogP contribution in [-0.2, 0) is 38.2 Å². The topological polar surface area (TPSA) is 186 Å². The molecule has 0 bridgehead atoms. The van der Waals surface area contributed by atoms with Gasteiger partial charge in [0.15, 0.2) is 0 Å². The number of nitrogens with one attached hydrogen (secondary N) is 3. The summed E-state index contributed by atoms with van der Waals surface area (Å²) in [5.74, 6) is -4.39. The van der Waals surface area contributed by atoms with Crippen LogP contribution in [0, 0.1) is 0 Å². The van der Waals surface area contributed by atoms with Gasteiger partial charge in [0.25, 0.3) is 0 Å². The van der Waals surface area contributed by atoms with Gasteiger partial charge in [-0.15, -0.1) is 0 Å². The van der Waals surface area contributed by atoms with E-state index in [4.69, 9.17) is 14.2 Å². The first-order valence-electron chi connectivity index (χ1n) is 13.3. The highest BCUT2D eigenvalue weighted by Crippen LogP contribution is 2.14. The van der Waals surface area contributed by atoms with Gasteiger partial charge in [-0.2, -0.15) is 0 Å². The van der Waals surface area contributed by atoms with E-state index in [1.807, 2.05) is 6.92 Å². The number of hydrogen-bond acceptors (Lipinski definition) is 9. The number of carbonyl (C=O) groups is 6. The quantitative estimate of drug-likeness (QED) is 0.188. The molecule has 0 aliphatic carbocycles. The minimum absolute atomic E-state index is 0.230. The van der Waals surface area contributed by atoms with E-state index in [2.05, 4.69) is 16.0 Å². The Bertz CT molecular complexity index is 913. The molecule has 0 saturated heterocycles. The second kappa shape index (κ2) is 15.4. The molecular formula is C27H47N3O10. The van der Waals surface area contributed by atoms with E-state index in [0.29, 0.717) is 12.8 Å². The fourth-order valence-electron chi connectivity index (χ4n) is 3.18. The largest absolute Gasteiger partial charge is 0.481 e. The zero-order valence-electron chi connectivity index (χ0n) is 25.4. The van der Waals surface area contributed by atoms with E-state index in [9.17, 15) is 33.9 Å². The van der Waals surface area contributed by atoms with Crippen molar-refractivity contribution in [2.75, 3.05) is 0 Å². The first-order valence-corrected chi connectivity index (χ1v) is 13.3. The number of carbonyl (C=O) groups excluding carboxylic acids is 5. The Hall–Kier alpha value is -3.38. The van der Waals surface area contributed by atoms with Crippen LogP contribution < -0.4 is 16.0 Å². The highest BCUT2D eigenvalue weighted by molar-refractivity contribution is 5.92. The Balaban J connectivity index is 5.68. The van der Waals surface area contributed by atoms with Crippen molar-refractivity contribution in [1.82, 2.24) is 16.0 Å². The minimum atomic E-state index is -1.58. The lowest BCUT2D eigenvalue weighted by atomic mass is 10.1. The van der Waals surface area contributed by atoms with E-state index in [0.717, 1.165) is 0 Å². The molecule has 0 rings (SSSR count). The summed E-state index contributed by atoms with van der Waals surface area (Å²) in [5, 5.41) is 16.4. The van der Waals surface area contributed by atoms with Crippen molar-refractivity contribution in [2.45, 2.75) is 136 Å². The van der Waals surface area contributed by atoms with Gasteiger partial charge in [-0.05, 0) is 75.2 Å². The average molecular weight is 574 g/mol. The summed E-state index contributed by atoms with van der Waals surface area (Å²) < 4.78 is 15.8. The van der Waals surface area contributed by atoms with Crippen LogP contribution in [0.5, 0.6) is 0 Å². The second-order valence-electron chi connectivity index (χ2n) is 12.4. The molecule has 0 fully saturated rings. The van der Waals surface area contributed by atoms with Crippen LogP contribution in [0.15, 0.2) is 0 Å². The molecule has 230 valence electrons. The molecule has 0 aromatic heterocycles. The summed E-state index contributed by atoms with van der Waals surface area (Å²) in [4.78, 5) is 74.6. The van der Waals surface area contributed by atoms with Crippen molar-refractivity contribution in [3.8, 4) is 0 Å². The normalized spacial score (nSPS) is 14.2. The van der Waals surface area contributed by atoms with Gasteiger partial charge in [0.2, 0.25) is 11.8 Å². The molecule has 0 saturated carbocycles. The van der Waals surface area contributed by atoms with Gasteiger partial charge >= 0.3 is 24.0 Å². The molecule has 0 spiro atoms. The van der Waals surface area contributed by atoms with Crippen LogP contribution in [0.1, 0.15) is 101 Å². The molecule has 0 radical (unpaired) electrons. The molecule has 0 aliphatic heterocycles. The van der Waals surface area contributed by atoms with E-state index >= 15 is 0 Å². The lowest BCUT2D eigenvalue weighted by Crippen LogP contribution is -2.54. The zero-order chi connectivity index (χ0) is 31.5. The third-order valence-corrected chi connectivity index (χ3v) is 4.66. The number of aliphatic carboxylic acids is 1. The fraction of sp³-hybridized carbons (Fsp3) is 0.778. The van der Waals surface area contributed by atoms with Crippen LogP contribution >= 0.6 is 0 Å². The highest BCUT2D eigenvalue weighted by Gasteiger charge is 2.33. The van der Waals surface area contributed by atoms with Crippen LogP contribution in [0.25, 0.3) is 0 Å². The molecule has 0 aromatic rings. The van der Waals surface area contributed by atoms with Crippen molar-refractivity contribution in [2.24, 2.45) is 0 Å². The second-order valence-corrected chi connectivity index (χ2v) is 12.4. The number of amides is 3. The smallest absolute Gasteiger partial charge is 0.408 e. The number of ether oxygens (including phenoxy) is 3. The maximum Gasteiger partial charge on any atom is 0.408 e. The van der Waals surface area contributed by atoms with Gasteiger partial charge in [-0.25, -0.2) is 14.4 Å². The Labute approximate surface area is 236 Å². The fourth-order valence-corrected chi connectivity index (χ4v) is 3.18. The predicted molar refractivity (Wildman–Crippen MR) is 145 cm³/mol. The Morgan fingerprint density at radius 1 is 0.650 bits per heavy atom. The standard InChI is InChI=1S/C27H47N3O10/c1-11-12-16(22(35)38-25(2,3)4)28-19(31)14-13-17(23(36)39-26(5,6)7)29-21(34)18(15-20(32)33)30-24(37)40-27(8,9)10/h16-18H,11-15H2,1-10H3,(H,28,31)(H,29,34)(H,30,37)(H,32,33)/t16-,17-,18-/m0/s1. The number of carboxylic acid groups (broad SMARTS) is 1. The summed E-state index contributed by atoms with van der Waals surface area (Å²) >= 11 is 0. The van der Waals surface area contributed by atoms with Crippen molar-refractivity contribution >= 4 is 35.8 Å². The SMILES string of the molecule is CCC[C@H](NC(=O)CC[C@H](NC(=O)[C@H](CC(=O)O)NC(=O)OC(C)(C)C)C(=O)OC(C)(C)C)C(=O)OC(C)(C)C. The van der Waals surface area contributed by atoms with Gasteiger partial charge in [-0.1, -0.05) is 13.3 Å². The lowest BCUT2D eigenvalue weighted by molar-refractivity contribution is -0.160. The summed E-state index contributed by atoms with van der Waals surface area (Å²) in [6.45, 7) is 16.6. The summed E-state index contributed by atoms with van der Waals surface area (Å²) in [7, 11) is 0. The number of esters is 2. The first-order chi connectivity index (χ1) is 18.0. The van der Waals surface area contributed by atoms with Crippen LogP contribution in [0.4, 0.5) is 4.79 Å².